The molecule has 0 unspecified atom stereocenters. The highest BCUT2D eigenvalue weighted by Crippen LogP contribution is 2.43. The molecule has 0 spiro atoms. The third-order valence-electron chi connectivity index (χ3n) is 4.49. The fraction of sp³-hybridized carbons (Fsp3) is 0.368. The molecule has 0 saturated heterocycles. The lowest BCUT2D eigenvalue weighted by Crippen LogP contribution is -2.09. The maximum absolute atomic E-state index is 11.4. The molecule has 134 valence electrons. The van der Waals surface area contributed by atoms with Crippen LogP contribution in [0.3, 0.4) is 0 Å². The van der Waals surface area contributed by atoms with Crippen LogP contribution < -0.4 is 5.32 Å². The summed E-state index contributed by atoms with van der Waals surface area (Å²) in [5, 5.41) is 8.40. The van der Waals surface area contributed by atoms with Gasteiger partial charge in [0.25, 0.3) is 0 Å². The number of aromatic nitrogens is 4. The van der Waals surface area contributed by atoms with Crippen LogP contribution in [-0.4, -0.2) is 25.7 Å². The SMILES string of the molecule is CC(=O)Nc1nc2c(s1)-c1c(c(-c3ccc(C)nc3)nn1C(C)C)CC2. The number of carbonyl (C=O) groups excluding carboxylic acids is 1. The number of nitrogens with one attached hydrogen (secondary N) is 1. The van der Waals surface area contributed by atoms with Gasteiger partial charge < -0.3 is 5.32 Å². The summed E-state index contributed by atoms with van der Waals surface area (Å²) in [4.78, 5) is 21.6. The fourth-order valence-corrected chi connectivity index (χ4v) is 4.44. The number of hydrogen-bond acceptors (Lipinski definition) is 5. The number of hydrogen-bond donors (Lipinski definition) is 1. The molecule has 1 aliphatic rings. The molecule has 0 bridgehead atoms. The second kappa shape index (κ2) is 6.32. The van der Waals surface area contributed by atoms with Gasteiger partial charge in [0.1, 0.15) is 0 Å². The van der Waals surface area contributed by atoms with Crippen molar-refractivity contribution in [2.24, 2.45) is 0 Å². The van der Waals surface area contributed by atoms with E-state index in [0.29, 0.717) is 5.13 Å². The second-order valence-electron chi connectivity index (χ2n) is 6.88. The van der Waals surface area contributed by atoms with E-state index in [-0.39, 0.29) is 11.9 Å². The Morgan fingerprint density at radius 2 is 2.12 bits per heavy atom. The van der Waals surface area contributed by atoms with E-state index in [1.54, 1.807) is 0 Å². The molecule has 7 heteroatoms. The van der Waals surface area contributed by atoms with Crippen molar-refractivity contribution in [2.45, 2.75) is 46.6 Å². The van der Waals surface area contributed by atoms with Crippen molar-refractivity contribution >= 4 is 22.4 Å². The van der Waals surface area contributed by atoms with Crippen molar-refractivity contribution in [3.05, 3.63) is 35.3 Å². The van der Waals surface area contributed by atoms with Gasteiger partial charge in [0.05, 0.1) is 22.0 Å². The lowest BCUT2D eigenvalue weighted by molar-refractivity contribution is -0.114. The molecule has 0 saturated carbocycles. The van der Waals surface area contributed by atoms with Gasteiger partial charge in [-0.2, -0.15) is 5.10 Å². The quantitative estimate of drug-likeness (QED) is 0.759. The van der Waals surface area contributed by atoms with E-state index in [9.17, 15) is 4.79 Å². The molecule has 0 radical (unpaired) electrons. The number of pyridine rings is 1. The first-order valence-corrected chi connectivity index (χ1v) is 9.57. The van der Waals surface area contributed by atoms with Crippen molar-refractivity contribution in [1.29, 1.82) is 0 Å². The Morgan fingerprint density at radius 3 is 2.77 bits per heavy atom. The first-order valence-electron chi connectivity index (χ1n) is 8.76. The van der Waals surface area contributed by atoms with Crippen LogP contribution in [0.15, 0.2) is 18.3 Å². The Kier molecular flexibility index (Phi) is 4.11. The highest BCUT2D eigenvalue weighted by atomic mass is 32.1. The smallest absolute Gasteiger partial charge is 0.223 e. The zero-order valence-corrected chi connectivity index (χ0v) is 16.1. The summed E-state index contributed by atoms with van der Waals surface area (Å²) in [6.45, 7) is 7.76. The molecule has 0 aromatic carbocycles. The third kappa shape index (κ3) is 2.82. The Balaban J connectivity index is 1.88. The monoisotopic (exact) mass is 367 g/mol. The first kappa shape index (κ1) is 16.9. The van der Waals surface area contributed by atoms with Gasteiger partial charge in [-0.25, -0.2) is 4.98 Å². The molecule has 0 aliphatic heterocycles. The molecule has 4 rings (SSSR count). The third-order valence-corrected chi connectivity index (χ3v) is 5.51. The minimum absolute atomic E-state index is 0.0971. The molecule has 6 nitrogen and oxygen atoms in total. The van der Waals surface area contributed by atoms with Gasteiger partial charge in [0, 0.05) is 36.0 Å². The Hall–Kier alpha value is -2.54. The Morgan fingerprint density at radius 1 is 1.31 bits per heavy atom. The Bertz CT molecular complexity index is 984. The molecule has 26 heavy (non-hydrogen) atoms. The van der Waals surface area contributed by atoms with Gasteiger partial charge in [-0.1, -0.05) is 11.3 Å². The lowest BCUT2D eigenvalue weighted by Gasteiger charge is -2.15. The van der Waals surface area contributed by atoms with Crippen LogP contribution in [0.2, 0.25) is 0 Å². The van der Waals surface area contributed by atoms with Gasteiger partial charge in [0.15, 0.2) is 5.13 Å². The van der Waals surface area contributed by atoms with E-state index in [4.69, 9.17) is 5.10 Å². The molecule has 0 atom stereocenters. The lowest BCUT2D eigenvalue weighted by atomic mass is 9.95. The van der Waals surface area contributed by atoms with E-state index in [2.05, 4.69) is 39.9 Å². The van der Waals surface area contributed by atoms with Gasteiger partial charge in [-0.15, -0.1) is 0 Å². The molecule has 3 aromatic heterocycles. The van der Waals surface area contributed by atoms with E-state index in [1.807, 2.05) is 19.2 Å². The maximum Gasteiger partial charge on any atom is 0.223 e. The average Bonchev–Trinajstić information content (AvgIpc) is 3.15. The predicted molar refractivity (Wildman–Crippen MR) is 103 cm³/mol. The molecule has 1 aliphatic carbocycles. The number of thiazole rings is 1. The number of nitrogens with zero attached hydrogens (tertiary/aromatic N) is 4. The van der Waals surface area contributed by atoms with E-state index in [1.165, 1.54) is 23.8 Å². The van der Waals surface area contributed by atoms with Crippen LogP contribution in [0.25, 0.3) is 21.8 Å². The number of anilines is 1. The van der Waals surface area contributed by atoms with Crippen LogP contribution in [0, 0.1) is 6.92 Å². The molecule has 3 heterocycles. The second-order valence-corrected chi connectivity index (χ2v) is 7.88. The van der Waals surface area contributed by atoms with Crippen LogP contribution in [0.1, 0.15) is 43.8 Å². The predicted octanol–water partition coefficient (Wildman–Crippen LogP) is 4.01. The molecule has 1 amide bonds. The summed E-state index contributed by atoms with van der Waals surface area (Å²) in [7, 11) is 0. The minimum atomic E-state index is -0.0971. The number of rotatable bonds is 3. The van der Waals surface area contributed by atoms with Gasteiger partial charge in [-0.3, -0.25) is 14.5 Å². The normalized spacial score (nSPS) is 12.8. The standard InChI is InChI=1S/C19H21N5OS/c1-10(2)24-17-14(16(23-24)13-6-5-11(3)20-9-13)7-8-15-18(17)26-19(22-15)21-12(4)25/h5-6,9-10H,7-8H2,1-4H3,(H,21,22,25). The number of aryl methyl sites for hydroxylation is 2. The van der Waals surface area contributed by atoms with Gasteiger partial charge in [0.2, 0.25) is 5.91 Å². The number of fused-ring (bicyclic) bond motifs is 3. The molecular formula is C19H21N5OS. The highest BCUT2D eigenvalue weighted by Gasteiger charge is 2.30. The molecule has 0 fully saturated rings. The zero-order valence-electron chi connectivity index (χ0n) is 15.3. The zero-order chi connectivity index (χ0) is 18.4. The fourth-order valence-electron chi connectivity index (χ4n) is 3.31. The molecule has 1 N–H and O–H groups in total. The van der Waals surface area contributed by atoms with Crippen molar-refractivity contribution in [2.75, 3.05) is 5.32 Å². The minimum Gasteiger partial charge on any atom is -0.302 e. The summed E-state index contributed by atoms with van der Waals surface area (Å²) >= 11 is 1.53. The molecular weight excluding hydrogens is 346 g/mol. The van der Waals surface area contributed by atoms with Gasteiger partial charge >= 0.3 is 0 Å². The number of amides is 1. The summed E-state index contributed by atoms with van der Waals surface area (Å²) < 4.78 is 2.08. The summed E-state index contributed by atoms with van der Waals surface area (Å²) in [5.74, 6) is -0.0971. The van der Waals surface area contributed by atoms with Crippen LogP contribution in [-0.2, 0) is 17.6 Å². The summed E-state index contributed by atoms with van der Waals surface area (Å²) in [6, 6.07) is 4.33. The summed E-state index contributed by atoms with van der Waals surface area (Å²) in [5.41, 5.74) is 6.46. The maximum atomic E-state index is 11.4. The van der Waals surface area contributed by atoms with Crippen LogP contribution in [0.5, 0.6) is 0 Å². The Labute approximate surface area is 156 Å². The van der Waals surface area contributed by atoms with Crippen molar-refractivity contribution in [3.8, 4) is 21.8 Å². The van der Waals surface area contributed by atoms with E-state index in [0.717, 1.165) is 46.1 Å². The van der Waals surface area contributed by atoms with Crippen LogP contribution >= 0.6 is 11.3 Å². The van der Waals surface area contributed by atoms with Crippen molar-refractivity contribution in [3.63, 3.8) is 0 Å². The summed E-state index contributed by atoms with van der Waals surface area (Å²) in [6.07, 6.45) is 3.64. The molecule has 3 aromatic rings. The average molecular weight is 367 g/mol. The highest BCUT2D eigenvalue weighted by molar-refractivity contribution is 7.19. The van der Waals surface area contributed by atoms with Crippen molar-refractivity contribution < 1.29 is 4.79 Å². The topological polar surface area (TPSA) is 72.7 Å². The first-order chi connectivity index (χ1) is 12.4. The van der Waals surface area contributed by atoms with E-state index < -0.39 is 0 Å². The largest absolute Gasteiger partial charge is 0.302 e. The number of carbonyl (C=O) groups is 1. The van der Waals surface area contributed by atoms with Crippen LogP contribution in [0.4, 0.5) is 5.13 Å². The van der Waals surface area contributed by atoms with E-state index >= 15 is 0 Å². The van der Waals surface area contributed by atoms with Crippen molar-refractivity contribution in [1.82, 2.24) is 19.7 Å². The van der Waals surface area contributed by atoms with Gasteiger partial charge in [-0.05, 0) is 45.7 Å².